The van der Waals surface area contributed by atoms with Crippen LogP contribution in [-0.4, -0.2) is 16.3 Å². The Morgan fingerprint density at radius 1 is 1.00 bits per heavy atom. The number of anilines is 1. The Bertz CT molecular complexity index is 1060. The van der Waals surface area contributed by atoms with E-state index in [1.807, 2.05) is 32.0 Å². The molecule has 0 aliphatic carbocycles. The molecule has 0 bridgehead atoms. The third-order valence-electron chi connectivity index (χ3n) is 4.37. The molecular weight excluding hydrogens is 328 g/mol. The summed E-state index contributed by atoms with van der Waals surface area (Å²) in [5.74, 6) is -0.327. The molecule has 1 heterocycles. The van der Waals surface area contributed by atoms with Crippen molar-refractivity contribution in [2.24, 2.45) is 0 Å². The molecule has 0 fully saturated rings. The lowest BCUT2D eigenvalue weighted by molar-refractivity contribution is -0.114. The van der Waals surface area contributed by atoms with Gasteiger partial charge in [0.15, 0.2) is 5.78 Å². The maximum absolute atomic E-state index is 12.7. The number of amides is 1. The highest BCUT2D eigenvalue weighted by atomic mass is 16.1. The SMILES string of the molecule is CC(=O)Nc1ccc(C(=O)Cn2c(=O)cc(C)c3cccc(C)c32)cc1. The number of pyridine rings is 1. The van der Waals surface area contributed by atoms with E-state index in [9.17, 15) is 14.4 Å². The number of carbonyl (C=O) groups excluding carboxylic acids is 2. The Kier molecular flexibility index (Phi) is 4.71. The van der Waals surface area contributed by atoms with E-state index in [0.717, 1.165) is 22.0 Å². The van der Waals surface area contributed by atoms with Crippen LogP contribution in [0.25, 0.3) is 10.9 Å². The topological polar surface area (TPSA) is 68.2 Å². The molecule has 0 aliphatic heterocycles. The number of aromatic nitrogens is 1. The molecule has 0 saturated heterocycles. The average Bonchev–Trinajstić information content (AvgIpc) is 2.58. The van der Waals surface area contributed by atoms with E-state index in [0.29, 0.717) is 11.3 Å². The molecule has 0 saturated carbocycles. The zero-order valence-electron chi connectivity index (χ0n) is 15.0. The minimum atomic E-state index is -0.187. The number of nitrogens with one attached hydrogen (secondary N) is 1. The summed E-state index contributed by atoms with van der Waals surface area (Å²) in [7, 11) is 0. The van der Waals surface area contributed by atoms with Gasteiger partial charge in [-0.1, -0.05) is 18.2 Å². The number of benzene rings is 2. The largest absolute Gasteiger partial charge is 0.326 e. The molecule has 0 unspecified atom stereocenters. The molecular formula is C21H20N2O3. The van der Waals surface area contributed by atoms with Crippen LogP contribution in [0.3, 0.4) is 0 Å². The quantitative estimate of drug-likeness (QED) is 0.734. The van der Waals surface area contributed by atoms with Crippen LogP contribution in [-0.2, 0) is 11.3 Å². The molecule has 2 aromatic carbocycles. The average molecular weight is 348 g/mol. The molecule has 1 N–H and O–H groups in total. The molecule has 5 nitrogen and oxygen atoms in total. The zero-order valence-corrected chi connectivity index (χ0v) is 15.0. The molecule has 0 radical (unpaired) electrons. The standard InChI is InChI=1S/C21H20N2O3/c1-13-5-4-6-18-14(2)11-20(26)23(21(13)18)12-19(25)16-7-9-17(10-8-16)22-15(3)24/h4-11H,12H2,1-3H3,(H,22,24). The number of Topliss-reactive ketones (excluding diaryl/α,β-unsaturated/α-hetero) is 1. The van der Waals surface area contributed by atoms with Crippen LogP contribution in [0, 0.1) is 13.8 Å². The van der Waals surface area contributed by atoms with Gasteiger partial charge in [0, 0.05) is 29.6 Å². The lowest BCUT2D eigenvalue weighted by atomic mass is 10.1. The van der Waals surface area contributed by atoms with Crippen molar-refractivity contribution in [3.05, 3.63) is 75.6 Å². The second-order valence-electron chi connectivity index (χ2n) is 6.40. The van der Waals surface area contributed by atoms with Crippen LogP contribution in [0.4, 0.5) is 5.69 Å². The van der Waals surface area contributed by atoms with Crippen LogP contribution >= 0.6 is 0 Å². The fraction of sp³-hybridized carbons (Fsp3) is 0.190. The van der Waals surface area contributed by atoms with Gasteiger partial charge in [0.05, 0.1) is 12.1 Å². The van der Waals surface area contributed by atoms with Gasteiger partial charge >= 0.3 is 0 Å². The van der Waals surface area contributed by atoms with E-state index >= 15 is 0 Å². The highest BCUT2D eigenvalue weighted by molar-refractivity contribution is 5.98. The number of hydrogen-bond acceptors (Lipinski definition) is 3. The summed E-state index contributed by atoms with van der Waals surface area (Å²) in [4.78, 5) is 36.3. The van der Waals surface area contributed by atoms with Crippen molar-refractivity contribution in [1.82, 2.24) is 4.57 Å². The molecule has 0 aliphatic rings. The van der Waals surface area contributed by atoms with E-state index in [1.54, 1.807) is 30.3 Å². The van der Waals surface area contributed by atoms with Gasteiger partial charge in [-0.25, -0.2) is 0 Å². The summed E-state index contributed by atoms with van der Waals surface area (Å²) < 4.78 is 1.53. The van der Waals surface area contributed by atoms with E-state index in [4.69, 9.17) is 0 Å². The third kappa shape index (κ3) is 3.42. The molecule has 26 heavy (non-hydrogen) atoms. The molecule has 0 atom stereocenters. The lowest BCUT2D eigenvalue weighted by Crippen LogP contribution is -2.25. The smallest absolute Gasteiger partial charge is 0.251 e. The Balaban J connectivity index is 1.97. The van der Waals surface area contributed by atoms with Crippen LogP contribution in [0.15, 0.2) is 53.3 Å². The fourth-order valence-electron chi connectivity index (χ4n) is 3.12. The van der Waals surface area contributed by atoms with Crippen molar-refractivity contribution in [3.63, 3.8) is 0 Å². The van der Waals surface area contributed by atoms with E-state index in [-0.39, 0.29) is 23.8 Å². The summed E-state index contributed by atoms with van der Waals surface area (Å²) in [6, 6.07) is 14.1. The molecule has 5 heteroatoms. The van der Waals surface area contributed by atoms with Gasteiger partial charge in [-0.15, -0.1) is 0 Å². The number of para-hydroxylation sites is 1. The highest BCUT2D eigenvalue weighted by Crippen LogP contribution is 2.20. The first-order valence-corrected chi connectivity index (χ1v) is 8.37. The number of carbonyl (C=O) groups is 2. The Morgan fingerprint density at radius 2 is 1.69 bits per heavy atom. The number of ketones is 1. The molecule has 3 aromatic rings. The first kappa shape index (κ1) is 17.6. The van der Waals surface area contributed by atoms with Gasteiger partial charge in [0.2, 0.25) is 5.91 Å². The first-order chi connectivity index (χ1) is 12.4. The van der Waals surface area contributed by atoms with Gasteiger partial charge in [0.25, 0.3) is 5.56 Å². The summed E-state index contributed by atoms with van der Waals surface area (Å²) in [5, 5.41) is 3.63. The monoisotopic (exact) mass is 348 g/mol. The molecule has 3 rings (SSSR count). The molecule has 132 valence electrons. The number of rotatable bonds is 4. The first-order valence-electron chi connectivity index (χ1n) is 8.37. The summed E-state index contributed by atoms with van der Waals surface area (Å²) in [6.07, 6.45) is 0. The number of fused-ring (bicyclic) bond motifs is 1. The van der Waals surface area contributed by atoms with Crippen molar-refractivity contribution >= 4 is 28.3 Å². The highest BCUT2D eigenvalue weighted by Gasteiger charge is 2.13. The zero-order chi connectivity index (χ0) is 18.8. The van der Waals surface area contributed by atoms with Gasteiger partial charge in [-0.3, -0.25) is 14.4 Å². The maximum atomic E-state index is 12.7. The van der Waals surface area contributed by atoms with Gasteiger partial charge < -0.3 is 9.88 Å². The second-order valence-corrected chi connectivity index (χ2v) is 6.40. The van der Waals surface area contributed by atoms with Crippen molar-refractivity contribution in [1.29, 1.82) is 0 Å². The van der Waals surface area contributed by atoms with Gasteiger partial charge in [-0.2, -0.15) is 0 Å². The van der Waals surface area contributed by atoms with Crippen molar-refractivity contribution in [3.8, 4) is 0 Å². The number of hydrogen-bond donors (Lipinski definition) is 1. The predicted octanol–water partition coefficient (Wildman–Crippen LogP) is 3.46. The summed E-state index contributed by atoms with van der Waals surface area (Å²) in [5.41, 5.74) is 3.58. The molecule has 1 amide bonds. The molecule has 0 spiro atoms. The minimum absolute atomic E-state index is 0.0278. The summed E-state index contributed by atoms with van der Waals surface area (Å²) >= 11 is 0. The minimum Gasteiger partial charge on any atom is -0.326 e. The van der Waals surface area contributed by atoms with Gasteiger partial charge in [-0.05, 0) is 49.2 Å². The Morgan fingerprint density at radius 3 is 2.35 bits per heavy atom. The third-order valence-corrected chi connectivity index (χ3v) is 4.37. The second kappa shape index (κ2) is 6.96. The van der Waals surface area contributed by atoms with E-state index < -0.39 is 0 Å². The van der Waals surface area contributed by atoms with Crippen LogP contribution in [0.5, 0.6) is 0 Å². The molecule has 1 aromatic heterocycles. The van der Waals surface area contributed by atoms with Crippen molar-refractivity contribution < 1.29 is 9.59 Å². The van der Waals surface area contributed by atoms with Crippen LogP contribution in [0.1, 0.15) is 28.4 Å². The number of nitrogens with zero attached hydrogens (tertiary/aromatic N) is 1. The normalized spacial score (nSPS) is 10.7. The van der Waals surface area contributed by atoms with E-state index in [2.05, 4.69) is 5.32 Å². The van der Waals surface area contributed by atoms with Crippen LogP contribution in [0.2, 0.25) is 0 Å². The number of aryl methyl sites for hydroxylation is 2. The summed E-state index contributed by atoms with van der Waals surface area (Å²) in [6.45, 7) is 5.23. The fourth-order valence-corrected chi connectivity index (χ4v) is 3.12. The Labute approximate surface area is 151 Å². The maximum Gasteiger partial charge on any atom is 0.251 e. The van der Waals surface area contributed by atoms with Crippen LogP contribution < -0.4 is 10.9 Å². The van der Waals surface area contributed by atoms with Crippen molar-refractivity contribution in [2.45, 2.75) is 27.3 Å². The van der Waals surface area contributed by atoms with E-state index in [1.165, 1.54) is 11.5 Å². The lowest BCUT2D eigenvalue weighted by Gasteiger charge is -2.14. The van der Waals surface area contributed by atoms with Crippen molar-refractivity contribution in [2.75, 3.05) is 5.32 Å². The predicted molar refractivity (Wildman–Crippen MR) is 103 cm³/mol. The van der Waals surface area contributed by atoms with Gasteiger partial charge in [0.1, 0.15) is 0 Å². The Hall–Kier alpha value is -3.21.